The first kappa shape index (κ1) is 23.2. The van der Waals surface area contributed by atoms with Gasteiger partial charge in [-0.05, 0) is 48.1 Å². The molecule has 3 rings (SSSR count). The van der Waals surface area contributed by atoms with Gasteiger partial charge in [0.25, 0.3) is 11.5 Å². The van der Waals surface area contributed by atoms with Crippen molar-refractivity contribution in [1.29, 1.82) is 0 Å². The number of benzene rings is 1. The predicted octanol–water partition coefficient (Wildman–Crippen LogP) is 2.66. The Labute approximate surface area is 187 Å². The molecule has 2 aromatic rings. The van der Waals surface area contributed by atoms with E-state index >= 15 is 0 Å². The van der Waals surface area contributed by atoms with Crippen LogP contribution in [-0.2, 0) is 29.5 Å². The molecule has 1 aromatic heterocycles. The van der Waals surface area contributed by atoms with Crippen molar-refractivity contribution in [3.8, 4) is 0 Å². The first-order valence-electron chi connectivity index (χ1n) is 10.6. The summed E-state index contributed by atoms with van der Waals surface area (Å²) in [5.74, 6) is -0.718. The molecule has 8 heteroatoms. The van der Waals surface area contributed by atoms with Gasteiger partial charge in [0.15, 0.2) is 0 Å². The molecule has 0 bridgehead atoms. The van der Waals surface area contributed by atoms with Gasteiger partial charge in [-0.3, -0.25) is 14.4 Å². The third-order valence-electron chi connectivity index (χ3n) is 5.64. The van der Waals surface area contributed by atoms with E-state index in [9.17, 15) is 19.2 Å². The number of aryl methyl sites for hydroxylation is 2. The second-order valence-corrected chi connectivity index (χ2v) is 8.56. The topological polar surface area (TPSA) is 97.7 Å². The number of amides is 2. The lowest BCUT2D eigenvalue weighted by molar-refractivity contribution is -0.132. The van der Waals surface area contributed by atoms with E-state index in [2.05, 4.69) is 5.32 Å². The maximum absolute atomic E-state index is 13.2. The van der Waals surface area contributed by atoms with Gasteiger partial charge in [-0.1, -0.05) is 19.9 Å². The summed E-state index contributed by atoms with van der Waals surface area (Å²) in [6.45, 7) is 6.63. The van der Waals surface area contributed by atoms with Crippen molar-refractivity contribution in [2.75, 3.05) is 19.0 Å². The highest BCUT2D eigenvalue weighted by molar-refractivity contribution is 6.06. The van der Waals surface area contributed by atoms with Crippen molar-refractivity contribution < 1.29 is 19.1 Å². The largest absolute Gasteiger partial charge is 0.465 e. The van der Waals surface area contributed by atoms with E-state index in [1.807, 2.05) is 13.8 Å². The summed E-state index contributed by atoms with van der Waals surface area (Å²) in [5.41, 5.74) is 2.62. The molecule has 1 N–H and O–H groups in total. The lowest BCUT2D eigenvalue weighted by atomic mass is 9.95. The molecule has 0 spiro atoms. The van der Waals surface area contributed by atoms with Crippen LogP contribution >= 0.6 is 0 Å². The molecule has 0 aliphatic carbocycles. The van der Waals surface area contributed by atoms with Crippen molar-refractivity contribution in [2.45, 2.75) is 40.2 Å². The summed E-state index contributed by atoms with van der Waals surface area (Å²) in [5, 5.41) is 2.78. The van der Waals surface area contributed by atoms with Crippen LogP contribution in [0.4, 0.5) is 5.69 Å². The Morgan fingerprint density at radius 3 is 2.59 bits per heavy atom. The summed E-state index contributed by atoms with van der Waals surface area (Å²) in [7, 11) is 2.88. The molecular weight excluding hydrogens is 410 g/mol. The quantitative estimate of drug-likeness (QED) is 0.723. The van der Waals surface area contributed by atoms with E-state index in [-0.39, 0.29) is 17.4 Å². The molecule has 0 atom stereocenters. The van der Waals surface area contributed by atoms with E-state index in [1.54, 1.807) is 37.2 Å². The summed E-state index contributed by atoms with van der Waals surface area (Å²) < 4.78 is 6.12. The summed E-state index contributed by atoms with van der Waals surface area (Å²) >= 11 is 0. The smallest absolute Gasteiger partial charge is 0.337 e. The van der Waals surface area contributed by atoms with E-state index in [1.165, 1.54) is 17.7 Å². The van der Waals surface area contributed by atoms with Crippen LogP contribution in [0, 0.1) is 12.8 Å². The SMILES string of the molecule is COC(=O)c1ccc(C)c(NC(=O)c2c3c(cn(C)c2=O)CN(C(=O)CC(C)C)CC3)c1. The van der Waals surface area contributed by atoms with Gasteiger partial charge < -0.3 is 19.5 Å². The molecule has 8 nitrogen and oxygen atoms in total. The molecule has 1 aliphatic heterocycles. The summed E-state index contributed by atoms with van der Waals surface area (Å²) in [4.78, 5) is 52.2. The number of anilines is 1. The maximum Gasteiger partial charge on any atom is 0.337 e. The third kappa shape index (κ3) is 4.74. The van der Waals surface area contributed by atoms with E-state index in [4.69, 9.17) is 4.74 Å². The molecule has 0 unspecified atom stereocenters. The Morgan fingerprint density at radius 2 is 1.94 bits per heavy atom. The number of hydrogen-bond donors (Lipinski definition) is 1. The second-order valence-electron chi connectivity index (χ2n) is 8.56. The van der Waals surface area contributed by atoms with Crippen molar-refractivity contribution in [3.05, 3.63) is 62.6 Å². The minimum Gasteiger partial charge on any atom is -0.465 e. The number of hydrogen-bond acceptors (Lipinski definition) is 5. The lowest BCUT2D eigenvalue weighted by Crippen LogP contribution is -2.40. The van der Waals surface area contributed by atoms with Gasteiger partial charge in [0.05, 0.1) is 12.7 Å². The van der Waals surface area contributed by atoms with Gasteiger partial charge in [0.1, 0.15) is 5.56 Å². The van der Waals surface area contributed by atoms with Gasteiger partial charge in [-0.15, -0.1) is 0 Å². The first-order valence-corrected chi connectivity index (χ1v) is 10.6. The third-order valence-corrected chi connectivity index (χ3v) is 5.64. The van der Waals surface area contributed by atoms with Gasteiger partial charge >= 0.3 is 5.97 Å². The number of carbonyl (C=O) groups is 3. The Kier molecular flexibility index (Phi) is 6.81. The van der Waals surface area contributed by atoms with Gasteiger partial charge in [-0.2, -0.15) is 0 Å². The first-order chi connectivity index (χ1) is 15.1. The lowest BCUT2D eigenvalue weighted by Gasteiger charge is -2.30. The van der Waals surface area contributed by atoms with Crippen LogP contribution in [-0.4, -0.2) is 40.9 Å². The van der Waals surface area contributed by atoms with Gasteiger partial charge in [-0.25, -0.2) is 4.79 Å². The van der Waals surface area contributed by atoms with Crippen molar-refractivity contribution in [3.63, 3.8) is 0 Å². The average Bonchev–Trinajstić information content (AvgIpc) is 2.74. The molecule has 1 aliphatic rings. The highest BCUT2D eigenvalue weighted by Crippen LogP contribution is 2.24. The summed E-state index contributed by atoms with van der Waals surface area (Å²) in [6.07, 6.45) is 2.59. The number of esters is 1. The zero-order valence-electron chi connectivity index (χ0n) is 19.2. The molecular formula is C24H29N3O5. The minimum atomic E-state index is -0.533. The van der Waals surface area contributed by atoms with E-state index in [0.717, 1.165) is 11.1 Å². The number of pyridine rings is 1. The fourth-order valence-electron chi connectivity index (χ4n) is 3.90. The number of carbonyl (C=O) groups excluding carboxylic acids is 3. The standard InChI is InChI=1S/C24H29N3O5/c1-14(2)10-20(28)27-9-8-18-17(13-27)12-26(4)23(30)21(18)22(29)25-19-11-16(24(31)32-5)7-6-15(19)3/h6-7,11-12,14H,8-10,13H2,1-5H3,(H,25,29). The van der Waals surface area contributed by atoms with Crippen LogP contribution in [0.25, 0.3) is 0 Å². The number of nitrogens with one attached hydrogen (secondary N) is 1. The molecule has 0 saturated carbocycles. The Hall–Kier alpha value is -3.42. The number of nitrogens with zero attached hydrogens (tertiary/aromatic N) is 2. The predicted molar refractivity (Wildman–Crippen MR) is 121 cm³/mol. The van der Waals surface area contributed by atoms with E-state index < -0.39 is 17.4 Å². The number of fused-ring (bicyclic) bond motifs is 1. The maximum atomic E-state index is 13.2. The van der Waals surface area contributed by atoms with Crippen LogP contribution in [0.1, 0.15) is 57.7 Å². The van der Waals surface area contributed by atoms with Gasteiger partial charge in [0, 0.05) is 38.4 Å². The average molecular weight is 440 g/mol. The molecule has 170 valence electrons. The number of ether oxygens (including phenoxy) is 1. The minimum absolute atomic E-state index is 0.0701. The highest BCUT2D eigenvalue weighted by Gasteiger charge is 2.28. The molecule has 0 fully saturated rings. The van der Waals surface area contributed by atoms with Crippen LogP contribution in [0.3, 0.4) is 0 Å². The number of methoxy groups -OCH3 is 1. The van der Waals surface area contributed by atoms with Gasteiger partial charge in [0.2, 0.25) is 5.91 Å². The Bertz CT molecular complexity index is 1130. The van der Waals surface area contributed by atoms with Crippen LogP contribution in [0.2, 0.25) is 0 Å². The molecule has 0 radical (unpaired) electrons. The Morgan fingerprint density at radius 1 is 1.22 bits per heavy atom. The monoisotopic (exact) mass is 439 g/mol. The Balaban J connectivity index is 1.94. The normalized spacial score (nSPS) is 13.0. The fourth-order valence-corrected chi connectivity index (χ4v) is 3.90. The van der Waals surface area contributed by atoms with E-state index in [0.29, 0.717) is 42.7 Å². The zero-order valence-corrected chi connectivity index (χ0v) is 19.2. The molecule has 2 amide bonds. The van der Waals surface area contributed by atoms with Crippen LogP contribution in [0.15, 0.2) is 29.2 Å². The summed E-state index contributed by atoms with van der Waals surface area (Å²) in [6, 6.07) is 4.85. The van der Waals surface area contributed by atoms with Crippen LogP contribution < -0.4 is 10.9 Å². The number of rotatable bonds is 5. The van der Waals surface area contributed by atoms with Crippen molar-refractivity contribution in [2.24, 2.45) is 13.0 Å². The molecule has 2 heterocycles. The van der Waals surface area contributed by atoms with Crippen molar-refractivity contribution >= 4 is 23.5 Å². The molecule has 0 saturated heterocycles. The highest BCUT2D eigenvalue weighted by atomic mass is 16.5. The molecule has 1 aromatic carbocycles. The van der Waals surface area contributed by atoms with Crippen molar-refractivity contribution in [1.82, 2.24) is 9.47 Å². The van der Waals surface area contributed by atoms with Crippen LogP contribution in [0.5, 0.6) is 0 Å². The zero-order chi connectivity index (χ0) is 23.6. The second kappa shape index (κ2) is 9.38. The fraction of sp³-hybridized carbons (Fsp3) is 0.417. The number of aromatic nitrogens is 1. The molecule has 32 heavy (non-hydrogen) atoms.